The van der Waals surface area contributed by atoms with Gasteiger partial charge >= 0.3 is 0 Å². The first-order valence-corrected chi connectivity index (χ1v) is 9.99. The number of fused-ring (bicyclic) bond motifs is 1. The largest absolute Gasteiger partial charge is 0.318 e. The first-order valence-electron chi connectivity index (χ1n) is 9.23. The molecule has 0 bridgehead atoms. The number of aromatic nitrogens is 1. The summed E-state index contributed by atoms with van der Waals surface area (Å²) in [5.41, 5.74) is 5.57. The maximum absolute atomic E-state index is 9.81. The Labute approximate surface area is 180 Å². The van der Waals surface area contributed by atoms with Gasteiger partial charge in [-0.3, -0.25) is 0 Å². The lowest BCUT2D eigenvalue weighted by molar-refractivity contribution is 0.965. The molecule has 0 atom stereocenters. The highest BCUT2D eigenvalue weighted by atomic mass is 35.5. The van der Waals surface area contributed by atoms with Crippen LogP contribution in [0.5, 0.6) is 0 Å². The molecule has 0 saturated carbocycles. The minimum atomic E-state index is 0.516. The van der Waals surface area contributed by atoms with Crippen LogP contribution in [0.2, 0.25) is 10.0 Å². The molecule has 0 N–H and O–H groups in total. The molecular weight excluding hydrogens is 399 g/mol. The average molecular weight is 417 g/mol. The van der Waals surface area contributed by atoms with Crippen LogP contribution in [-0.2, 0) is 0 Å². The highest BCUT2D eigenvalue weighted by molar-refractivity contribution is 6.42. The zero-order valence-corrected chi connectivity index (χ0v) is 17.6. The lowest BCUT2D eigenvalue weighted by atomic mass is 10.0. The van der Waals surface area contributed by atoms with Crippen LogP contribution in [-0.4, -0.2) is 4.57 Å². The molecule has 1 heterocycles. The summed E-state index contributed by atoms with van der Waals surface area (Å²) in [5, 5.41) is 13.1. The quantitative estimate of drug-likeness (QED) is 0.315. The van der Waals surface area contributed by atoms with Crippen LogP contribution in [0.3, 0.4) is 0 Å². The monoisotopic (exact) mass is 416 g/mol. The molecule has 0 aliphatic heterocycles. The van der Waals surface area contributed by atoms with Crippen LogP contribution in [0, 0.1) is 25.2 Å². The summed E-state index contributed by atoms with van der Waals surface area (Å²) in [6, 6.07) is 24.3. The van der Waals surface area contributed by atoms with Gasteiger partial charge in [-0.25, -0.2) is 0 Å². The molecule has 142 valence electrons. The second-order valence-electron chi connectivity index (χ2n) is 6.99. The van der Waals surface area contributed by atoms with Gasteiger partial charge in [-0.1, -0.05) is 59.6 Å². The SMILES string of the molecule is Cc1cc(/C=C(\C#N)c2ccc3ccccc3c2)c(C)n1-c1ccc(Cl)c(Cl)c1. The Morgan fingerprint density at radius 1 is 0.897 bits per heavy atom. The van der Waals surface area contributed by atoms with Crippen LogP contribution in [0.15, 0.2) is 66.7 Å². The molecule has 0 radical (unpaired) electrons. The van der Waals surface area contributed by atoms with Crippen LogP contribution in [0.1, 0.15) is 22.5 Å². The van der Waals surface area contributed by atoms with Gasteiger partial charge in [0, 0.05) is 17.1 Å². The highest BCUT2D eigenvalue weighted by Crippen LogP contribution is 2.30. The number of hydrogen-bond donors (Lipinski definition) is 0. The Balaban J connectivity index is 1.80. The Bertz CT molecular complexity index is 1310. The van der Waals surface area contributed by atoms with Crippen LogP contribution in [0.4, 0.5) is 0 Å². The molecule has 0 aliphatic carbocycles. The number of nitriles is 1. The molecule has 4 aromatic rings. The molecule has 29 heavy (non-hydrogen) atoms. The van der Waals surface area contributed by atoms with Gasteiger partial charge in [0.1, 0.15) is 0 Å². The summed E-state index contributed by atoms with van der Waals surface area (Å²) in [5.74, 6) is 0. The zero-order chi connectivity index (χ0) is 20.5. The first kappa shape index (κ1) is 19.3. The summed E-state index contributed by atoms with van der Waals surface area (Å²) in [6.07, 6.45) is 1.94. The normalized spacial score (nSPS) is 11.6. The molecular formula is C25H18Cl2N2. The van der Waals surface area contributed by atoms with Crippen molar-refractivity contribution < 1.29 is 0 Å². The van der Waals surface area contributed by atoms with Crippen molar-refractivity contribution in [1.82, 2.24) is 4.57 Å². The van der Waals surface area contributed by atoms with E-state index in [0.29, 0.717) is 15.6 Å². The van der Waals surface area contributed by atoms with Gasteiger partial charge < -0.3 is 4.57 Å². The molecule has 4 rings (SSSR count). The number of rotatable bonds is 3. The number of halogens is 2. The fourth-order valence-electron chi connectivity index (χ4n) is 3.65. The van der Waals surface area contributed by atoms with E-state index in [1.54, 1.807) is 6.07 Å². The molecule has 0 saturated heterocycles. The third-order valence-corrected chi connectivity index (χ3v) is 5.85. The summed E-state index contributed by atoms with van der Waals surface area (Å²) in [7, 11) is 0. The maximum atomic E-state index is 9.81. The van der Waals surface area contributed by atoms with E-state index in [0.717, 1.165) is 39.0 Å². The van der Waals surface area contributed by atoms with E-state index in [2.05, 4.69) is 41.0 Å². The molecule has 1 aromatic heterocycles. The van der Waals surface area contributed by atoms with Crippen LogP contribution >= 0.6 is 23.2 Å². The minimum absolute atomic E-state index is 0.516. The topological polar surface area (TPSA) is 28.7 Å². The van der Waals surface area contributed by atoms with Crippen LogP contribution in [0.25, 0.3) is 28.1 Å². The second-order valence-corrected chi connectivity index (χ2v) is 7.81. The van der Waals surface area contributed by atoms with E-state index in [1.165, 1.54) is 0 Å². The molecule has 2 nitrogen and oxygen atoms in total. The standard InChI is InChI=1S/C25H18Cl2N2/c1-16-11-21(17(2)29(16)23-9-10-24(26)25(27)14-23)13-22(15-28)20-8-7-18-5-3-4-6-19(18)12-20/h3-14H,1-2H3/b22-13+. The van der Waals surface area contributed by atoms with E-state index >= 15 is 0 Å². The number of hydrogen-bond acceptors (Lipinski definition) is 1. The summed E-state index contributed by atoms with van der Waals surface area (Å²) in [6.45, 7) is 4.08. The lowest BCUT2D eigenvalue weighted by Crippen LogP contribution is -1.99. The number of allylic oxidation sites excluding steroid dienone is 1. The predicted molar refractivity (Wildman–Crippen MR) is 123 cm³/mol. The maximum Gasteiger partial charge on any atom is 0.0998 e. The summed E-state index contributed by atoms with van der Waals surface area (Å²) >= 11 is 12.3. The molecule has 0 fully saturated rings. The molecule has 0 amide bonds. The number of aryl methyl sites for hydroxylation is 1. The Morgan fingerprint density at radius 2 is 1.66 bits per heavy atom. The Hall–Kier alpha value is -2.99. The number of nitrogens with zero attached hydrogens (tertiary/aromatic N) is 2. The summed E-state index contributed by atoms with van der Waals surface area (Å²) < 4.78 is 2.11. The molecule has 0 unspecified atom stereocenters. The van der Waals surface area contributed by atoms with Crippen molar-refractivity contribution in [1.29, 1.82) is 5.26 Å². The molecule has 0 spiro atoms. The Kier molecular flexibility index (Phi) is 5.20. The van der Waals surface area contributed by atoms with Gasteiger partial charge in [0.15, 0.2) is 0 Å². The van der Waals surface area contributed by atoms with Crippen LogP contribution < -0.4 is 0 Å². The van der Waals surface area contributed by atoms with Gasteiger partial charge in [0.25, 0.3) is 0 Å². The summed E-state index contributed by atoms with van der Waals surface area (Å²) in [4.78, 5) is 0. The fourth-order valence-corrected chi connectivity index (χ4v) is 3.94. The molecule has 3 aromatic carbocycles. The van der Waals surface area contributed by atoms with Crippen molar-refractivity contribution >= 4 is 45.6 Å². The van der Waals surface area contributed by atoms with Crippen molar-refractivity contribution in [3.05, 3.63) is 99.3 Å². The van der Waals surface area contributed by atoms with Gasteiger partial charge in [0.2, 0.25) is 0 Å². The van der Waals surface area contributed by atoms with Gasteiger partial charge in [-0.2, -0.15) is 5.26 Å². The van der Waals surface area contributed by atoms with E-state index < -0.39 is 0 Å². The van der Waals surface area contributed by atoms with Gasteiger partial charge in [-0.05, 0) is 72.2 Å². The third-order valence-electron chi connectivity index (χ3n) is 5.11. The van der Waals surface area contributed by atoms with E-state index in [1.807, 2.05) is 50.3 Å². The lowest BCUT2D eigenvalue weighted by Gasteiger charge is -2.10. The Morgan fingerprint density at radius 3 is 2.38 bits per heavy atom. The third kappa shape index (κ3) is 3.68. The van der Waals surface area contributed by atoms with Crippen molar-refractivity contribution in [2.45, 2.75) is 13.8 Å². The van der Waals surface area contributed by atoms with Crippen molar-refractivity contribution in [2.75, 3.05) is 0 Å². The molecule has 0 aliphatic rings. The second kappa shape index (κ2) is 7.79. The minimum Gasteiger partial charge on any atom is -0.318 e. The van der Waals surface area contributed by atoms with Crippen molar-refractivity contribution in [3.63, 3.8) is 0 Å². The van der Waals surface area contributed by atoms with Gasteiger partial charge in [-0.15, -0.1) is 0 Å². The zero-order valence-electron chi connectivity index (χ0n) is 16.1. The van der Waals surface area contributed by atoms with Crippen molar-refractivity contribution in [2.24, 2.45) is 0 Å². The van der Waals surface area contributed by atoms with E-state index in [-0.39, 0.29) is 0 Å². The van der Waals surface area contributed by atoms with Crippen molar-refractivity contribution in [3.8, 4) is 11.8 Å². The first-order chi connectivity index (χ1) is 14.0. The number of benzene rings is 3. The van der Waals surface area contributed by atoms with E-state index in [9.17, 15) is 5.26 Å². The smallest absolute Gasteiger partial charge is 0.0998 e. The van der Waals surface area contributed by atoms with E-state index in [4.69, 9.17) is 23.2 Å². The highest BCUT2D eigenvalue weighted by Gasteiger charge is 2.12. The van der Waals surface area contributed by atoms with Gasteiger partial charge in [0.05, 0.1) is 21.7 Å². The fraction of sp³-hybridized carbons (Fsp3) is 0.0800. The molecule has 4 heteroatoms. The predicted octanol–water partition coefficient (Wildman–Crippen LogP) is 7.62. The average Bonchev–Trinajstić information content (AvgIpc) is 3.01.